The van der Waals surface area contributed by atoms with Crippen LogP contribution in [0.25, 0.3) is 0 Å². The number of rotatable bonds is 6. The molecule has 1 amide bonds. The Kier molecular flexibility index (Phi) is 4.51. The summed E-state index contributed by atoms with van der Waals surface area (Å²) >= 11 is 4.86. The Balaban J connectivity index is 2.54. The molecule has 1 rings (SSSR count). The van der Waals surface area contributed by atoms with Crippen LogP contribution in [0, 0.1) is 5.92 Å². The average Bonchev–Trinajstić information content (AvgIpc) is 3.00. The van der Waals surface area contributed by atoms with E-state index in [1.807, 2.05) is 4.90 Å². The molecule has 4 heteroatoms. The summed E-state index contributed by atoms with van der Waals surface area (Å²) in [6.45, 7) is 4.78. The lowest BCUT2D eigenvalue weighted by Crippen LogP contribution is -2.41. The molecule has 1 aliphatic rings. The number of hydrogen-bond donors (Lipinski definition) is 1. The largest absolute Gasteiger partial charge is 0.393 e. The van der Waals surface area contributed by atoms with E-state index < -0.39 is 0 Å². The lowest BCUT2D eigenvalue weighted by molar-refractivity contribution is -0.133. The van der Waals surface area contributed by atoms with Gasteiger partial charge in [-0.2, -0.15) is 0 Å². The van der Waals surface area contributed by atoms with Gasteiger partial charge in [-0.3, -0.25) is 4.79 Å². The zero-order valence-corrected chi connectivity index (χ0v) is 10.3. The van der Waals surface area contributed by atoms with Gasteiger partial charge < -0.3 is 10.6 Å². The van der Waals surface area contributed by atoms with Gasteiger partial charge in [0.1, 0.15) is 0 Å². The first-order valence-corrected chi connectivity index (χ1v) is 6.08. The van der Waals surface area contributed by atoms with Crippen molar-refractivity contribution < 1.29 is 4.79 Å². The SMILES string of the molecule is CCCCN(C(=O)C(C)C(N)=S)C1CC1. The molecule has 0 bridgehead atoms. The predicted molar refractivity (Wildman–Crippen MR) is 65.6 cm³/mol. The molecule has 1 atom stereocenters. The molecule has 0 saturated heterocycles. The van der Waals surface area contributed by atoms with E-state index in [9.17, 15) is 4.79 Å². The second-order valence-corrected chi connectivity index (χ2v) is 4.71. The van der Waals surface area contributed by atoms with Crippen LogP contribution in [-0.4, -0.2) is 28.4 Å². The van der Waals surface area contributed by atoms with Gasteiger partial charge >= 0.3 is 0 Å². The minimum absolute atomic E-state index is 0.110. The highest BCUT2D eigenvalue weighted by atomic mass is 32.1. The van der Waals surface area contributed by atoms with Gasteiger partial charge in [-0.1, -0.05) is 25.6 Å². The Labute approximate surface area is 97.0 Å². The lowest BCUT2D eigenvalue weighted by atomic mass is 10.1. The summed E-state index contributed by atoms with van der Waals surface area (Å²) in [6, 6.07) is 0.459. The number of thiocarbonyl (C=S) groups is 1. The maximum absolute atomic E-state index is 12.0. The summed E-state index contributed by atoms with van der Waals surface area (Å²) in [5.41, 5.74) is 5.51. The Hall–Kier alpha value is -0.640. The third-order valence-corrected chi connectivity index (χ3v) is 3.17. The minimum Gasteiger partial charge on any atom is -0.393 e. The minimum atomic E-state index is -0.308. The first kappa shape index (κ1) is 12.4. The number of nitrogens with two attached hydrogens (primary N) is 1. The molecule has 3 nitrogen and oxygen atoms in total. The van der Waals surface area contributed by atoms with Crippen molar-refractivity contribution in [2.45, 2.75) is 45.6 Å². The molecule has 86 valence electrons. The smallest absolute Gasteiger partial charge is 0.232 e. The van der Waals surface area contributed by atoms with E-state index >= 15 is 0 Å². The van der Waals surface area contributed by atoms with E-state index in [1.165, 1.54) is 0 Å². The summed E-state index contributed by atoms with van der Waals surface area (Å²) in [6.07, 6.45) is 4.45. The number of carbonyl (C=O) groups is 1. The molecule has 0 aliphatic heterocycles. The quantitative estimate of drug-likeness (QED) is 0.704. The number of nitrogens with zero attached hydrogens (tertiary/aromatic N) is 1. The monoisotopic (exact) mass is 228 g/mol. The summed E-state index contributed by atoms with van der Waals surface area (Å²) in [4.78, 5) is 14.3. The Morgan fingerprint density at radius 1 is 1.60 bits per heavy atom. The fourth-order valence-corrected chi connectivity index (χ4v) is 1.66. The zero-order chi connectivity index (χ0) is 11.4. The molecule has 1 aliphatic carbocycles. The van der Waals surface area contributed by atoms with Crippen LogP contribution in [0.15, 0.2) is 0 Å². The summed E-state index contributed by atoms with van der Waals surface area (Å²) in [7, 11) is 0. The molecule has 0 radical (unpaired) electrons. The third kappa shape index (κ3) is 3.45. The average molecular weight is 228 g/mol. The molecular formula is C11H20N2OS. The topological polar surface area (TPSA) is 46.3 Å². The van der Waals surface area contributed by atoms with Gasteiger partial charge in [0, 0.05) is 12.6 Å². The molecule has 0 aromatic carbocycles. The maximum atomic E-state index is 12.0. The molecule has 2 N–H and O–H groups in total. The van der Waals surface area contributed by atoms with Crippen LogP contribution in [0.2, 0.25) is 0 Å². The van der Waals surface area contributed by atoms with Crippen LogP contribution >= 0.6 is 12.2 Å². The first-order chi connectivity index (χ1) is 7.07. The third-order valence-electron chi connectivity index (χ3n) is 2.82. The van der Waals surface area contributed by atoms with Crippen LogP contribution in [0.3, 0.4) is 0 Å². The Morgan fingerprint density at radius 3 is 2.60 bits per heavy atom. The number of unbranched alkanes of at least 4 members (excludes halogenated alkanes) is 1. The van der Waals surface area contributed by atoms with E-state index in [1.54, 1.807) is 6.92 Å². The van der Waals surface area contributed by atoms with Crippen molar-refractivity contribution in [3.8, 4) is 0 Å². The van der Waals surface area contributed by atoms with Crippen LogP contribution < -0.4 is 5.73 Å². The zero-order valence-electron chi connectivity index (χ0n) is 9.53. The molecule has 0 aromatic heterocycles. The van der Waals surface area contributed by atoms with E-state index in [4.69, 9.17) is 18.0 Å². The molecule has 15 heavy (non-hydrogen) atoms. The Morgan fingerprint density at radius 2 is 2.20 bits per heavy atom. The molecule has 1 saturated carbocycles. The highest BCUT2D eigenvalue weighted by molar-refractivity contribution is 7.80. The lowest BCUT2D eigenvalue weighted by Gasteiger charge is -2.25. The second-order valence-electron chi connectivity index (χ2n) is 4.24. The summed E-state index contributed by atoms with van der Waals surface area (Å²) in [5, 5.41) is 0. The highest BCUT2D eigenvalue weighted by Crippen LogP contribution is 2.28. The Bertz CT molecular complexity index is 251. The van der Waals surface area contributed by atoms with E-state index in [2.05, 4.69) is 6.92 Å². The van der Waals surface area contributed by atoms with E-state index in [-0.39, 0.29) is 11.8 Å². The van der Waals surface area contributed by atoms with Crippen molar-refractivity contribution in [2.75, 3.05) is 6.54 Å². The highest BCUT2D eigenvalue weighted by Gasteiger charge is 2.34. The van der Waals surface area contributed by atoms with Gasteiger partial charge in [0.05, 0.1) is 10.9 Å². The van der Waals surface area contributed by atoms with Crippen molar-refractivity contribution >= 4 is 23.1 Å². The molecule has 0 heterocycles. The van der Waals surface area contributed by atoms with Crippen molar-refractivity contribution in [1.82, 2.24) is 4.90 Å². The fourth-order valence-electron chi connectivity index (χ4n) is 1.56. The normalized spacial score (nSPS) is 17.2. The maximum Gasteiger partial charge on any atom is 0.232 e. The van der Waals surface area contributed by atoms with E-state index in [0.717, 1.165) is 32.2 Å². The van der Waals surface area contributed by atoms with Gasteiger partial charge in [0.25, 0.3) is 0 Å². The van der Waals surface area contributed by atoms with Crippen molar-refractivity contribution in [3.63, 3.8) is 0 Å². The van der Waals surface area contributed by atoms with Gasteiger partial charge in [-0.05, 0) is 26.2 Å². The van der Waals surface area contributed by atoms with Crippen LogP contribution in [0.4, 0.5) is 0 Å². The van der Waals surface area contributed by atoms with Crippen molar-refractivity contribution in [1.29, 1.82) is 0 Å². The molecule has 1 unspecified atom stereocenters. The van der Waals surface area contributed by atoms with Crippen LogP contribution in [0.1, 0.15) is 39.5 Å². The van der Waals surface area contributed by atoms with Crippen molar-refractivity contribution in [3.05, 3.63) is 0 Å². The molecule has 0 spiro atoms. The summed E-state index contributed by atoms with van der Waals surface area (Å²) < 4.78 is 0. The number of carbonyl (C=O) groups excluding carboxylic acids is 1. The molecule has 0 aromatic rings. The van der Waals surface area contributed by atoms with Gasteiger partial charge in [0.2, 0.25) is 5.91 Å². The van der Waals surface area contributed by atoms with Gasteiger partial charge in [0.15, 0.2) is 0 Å². The standard InChI is InChI=1S/C11H20N2OS/c1-3-4-7-13(9-5-6-9)11(14)8(2)10(12)15/h8-9H,3-7H2,1-2H3,(H2,12,15). The molecule has 1 fully saturated rings. The second kappa shape index (κ2) is 5.45. The fraction of sp³-hybridized carbons (Fsp3) is 0.818. The van der Waals surface area contributed by atoms with Crippen molar-refractivity contribution in [2.24, 2.45) is 11.7 Å². The van der Waals surface area contributed by atoms with Gasteiger partial charge in [-0.15, -0.1) is 0 Å². The van der Waals surface area contributed by atoms with E-state index in [0.29, 0.717) is 11.0 Å². The number of hydrogen-bond acceptors (Lipinski definition) is 2. The number of amides is 1. The molecular weight excluding hydrogens is 208 g/mol. The predicted octanol–water partition coefficient (Wildman–Crippen LogP) is 1.70. The first-order valence-electron chi connectivity index (χ1n) is 5.67. The summed E-state index contributed by atoms with van der Waals surface area (Å²) in [5.74, 6) is -0.198. The van der Waals surface area contributed by atoms with Crippen LogP contribution in [-0.2, 0) is 4.79 Å². The van der Waals surface area contributed by atoms with Crippen LogP contribution in [0.5, 0.6) is 0 Å². The van der Waals surface area contributed by atoms with Gasteiger partial charge in [-0.25, -0.2) is 0 Å².